The second kappa shape index (κ2) is 13.6. The summed E-state index contributed by atoms with van der Waals surface area (Å²) >= 11 is 6.56. The zero-order valence-electron chi connectivity index (χ0n) is 22.2. The summed E-state index contributed by atoms with van der Waals surface area (Å²) in [6.07, 6.45) is 11.1. The SMILES string of the molecule is O=C(NC1CCC(Nc2cc(-c3cncc(NCC4CCNCC4)c3)c(Cl)cn2)CC1)OCc1ccccc1. The maximum absolute atomic E-state index is 12.2. The molecule has 1 aliphatic carbocycles. The first-order chi connectivity index (χ1) is 19.1. The average molecular weight is 549 g/mol. The van der Waals surface area contributed by atoms with Gasteiger partial charge in [-0.3, -0.25) is 4.98 Å². The maximum Gasteiger partial charge on any atom is 0.407 e. The highest BCUT2D eigenvalue weighted by atomic mass is 35.5. The second-order valence-corrected chi connectivity index (χ2v) is 10.9. The number of piperidine rings is 1. The third-order valence-corrected chi connectivity index (χ3v) is 7.87. The van der Waals surface area contributed by atoms with Crippen LogP contribution in [0.4, 0.5) is 16.3 Å². The van der Waals surface area contributed by atoms with Crippen molar-refractivity contribution >= 4 is 29.2 Å². The van der Waals surface area contributed by atoms with Crippen LogP contribution in [0.5, 0.6) is 0 Å². The molecule has 39 heavy (non-hydrogen) atoms. The molecule has 206 valence electrons. The van der Waals surface area contributed by atoms with Crippen LogP contribution in [-0.2, 0) is 11.3 Å². The number of hydrogen-bond acceptors (Lipinski definition) is 7. The van der Waals surface area contributed by atoms with Crippen molar-refractivity contribution in [3.8, 4) is 11.1 Å². The zero-order chi connectivity index (χ0) is 26.9. The molecule has 0 radical (unpaired) electrons. The number of amides is 1. The van der Waals surface area contributed by atoms with E-state index in [-0.39, 0.29) is 24.8 Å². The number of halogens is 1. The molecule has 2 aliphatic rings. The summed E-state index contributed by atoms with van der Waals surface area (Å²) < 4.78 is 5.37. The molecule has 0 spiro atoms. The Morgan fingerprint density at radius 1 is 0.974 bits per heavy atom. The van der Waals surface area contributed by atoms with Gasteiger partial charge in [0, 0.05) is 48.3 Å². The number of nitrogens with one attached hydrogen (secondary N) is 4. The van der Waals surface area contributed by atoms with Crippen LogP contribution in [0.1, 0.15) is 44.1 Å². The number of anilines is 2. The Balaban J connectivity index is 1.11. The Morgan fingerprint density at radius 2 is 1.74 bits per heavy atom. The third-order valence-electron chi connectivity index (χ3n) is 7.57. The van der Waals surface area contributed by atoms with Crippen LogP contribution in [0.2, 0.25) is 5.02 Å². The van der Waals surface area contributed by atoms with Crippen molar-refractivity contribution in [3.63, 3.8) is 0 Å². The van der Waals surface area contributed by atoms with E-state index in [9.17, 15) is 4.79 Å². The summed E-state index contributed by atoms with van der Waals surface area (Å²) in [4.78, 5) is 21.2. The first-order valence-corrected chi connectivity index (χ1v) is 14.3. The van der Waals surface area contributed by atoms with Crippen LogP contribution in [-0.4, -0.2) is 47.8 Å². The molecule has 1 saturated heterocycles. The van der Waals surface area contributed by atoms with Gasteiger partial charge in [-0.2, -0.15) is 0 Å². The van der Waals surface area contributed by atoms with Gasteiger partial charge in [-0.25, -0.2) is 9.78 Å². The molecule has 1 saturated carbocycles. The second-order valence-electron chi connectivity index (χ2n) is 10.5. The fraction of sp³-hybridized carbons (Fsp3) is 0.433. The number of nitrogens with zero attached hydrogens (tertiary/aromatic N) is 2. The molecule has 0 bridgehead atoms. The summed E-state index contributed by atoms with van der Waals surface area (Å²) in [7, 11) is 0. The number of carbonyl (C=O) groups excluding carboxylic acids is 1. The minimum absolute atomic E-state index is 0.117. The molecule has 0 atom stereocenters. The van der Waals surface area contributed by atoms with E-state index in [0.29, 0.717) is 10.9 Å². The molecule has 3 heterocycles. The maximum atomic E-state index is 12.2. The Bertz CT molecular complexity index is 1210. The molecule has 1 aromatic carbocycles. The number of alkyl carbamates (subject to hydrolysis) is 1. The van der Waals surface area contributed by atoms with E-state index in [2.05, 4.69) is 37.3 Å². The van der Waals surface area contributed by atoms with Crippen LogP contribution in [0, 0.1) is 5.92 Å². The van der Waals surface area contributed by atoms with Crippen molar-refractivity contribution in [1.82, 2.24) is 20.6 Å². The number of aromatic nitrogens is 2. The molecule has 1 aliphatic heterocycles. The molecule has 8 nitrogen and oxygen atoms in total. The Labute approximate surface area is 235 Å². The first kappa shape index (κ1) is 27.2. The highest BCUT2D eigenvalue weighted by Gasteiger charge is 2.23. The Hall–Kier alpha value is -3.36. The fourth-order valence-corrected chi connectivity index (χ4v) is 5.51. The summed E-state index contributed by atoms with van der Waals surface area (Å²) in [5.74, 6) is 1.47. The zero-order valence-corrected chi connectivity index (χ0v) is 22.9. The van der Waals surface area contributed by atoms with Gasteiger partial charge in [0.25, 0.3) is 0 Å². The van der Waals surface area contributed by atoms with Gasteiger partial charge in [0.15, 0.2) is 0 Å². The third kappa shape index (κ3) is 8.07. The fourth-order valence-electron chi connectivity index (χ4n) is 5.29. The molecule has 1 amide bonds. The quantitative estimate of drug-likeness (QED) is 0.266. The lowest BCUT2D eigenvalue weighted by atomic mass is 9.91. The van der Waals surface area contributed by atoms with E-state index in [0.717, 1.165) is 73.5 Å². The molecule has 0 unspecified atom stereocenters. The molecular weight excluding hydrogens is 512 g/mol. The lowest BCUT2D eigenvalue weighted by molar-refractivity contribution is 0.132. The average Bonchev–Trinajstić information content (AvgIpc) is 2.98. The summed E-state index contributed by atoms with van der Waals surface area (Å²) in [6.45, 7) is 3.41. The highest BCUT2D eigenvalue weighted by molar-refractivity contribution is 6.33. The molecular formula is C30H37ClN6O2. The largest absolute Gasteiger partial charge is 0.445 e. The smallest absolute Gasteiger partial charge is 0.407 e. The van der Waals surface area contributed by atoms with E-state index in [1.807, 2.05) is 48.8 Å². The number of pyridine rings is 2. The number of hydrogen-bond donors (Lipinski definition) is 4. The normalized spacial score (nSPS) is 19.7. The lowest BCUT2D eigenvalue weighted by Gasteiger charge is -2.29. The molecule has 5 rings (SSSR count). The molecule has 2 fully saturated rings. The number of benzene rings is 1. The number of carbonyl (C=O) groups is 1. The van der Waals surface area contributed by atoms with E-state index in [1.54, 1.807) is 6.20 Å². The minimum atomic E-state index is -0.361. The number of rotatable bonds is 9. The van der Waals surface area contributed by atoms with Gasteiger partial charge < -0.3 is 26.0 Å². The van der Waals surface area contributed by atoms with Crippen molar-refractivity contribution < 1.29 is 9.53 Å². The Kier molecular flexibility index (Phi) is 9.51. The predicted molar refractivity (Wildman–Crippen MR) is 156 cm³/mol. The van der Waals surface area contributed by atoms with Gasteiger partial charge in [0.1, 0.15) is 12.4 Å². The van der Waals surface area contributed by atoms with Gasteiger partial charge in [-0.1, -0.05) is 41.9 Å². The summed E-state index contributed by atoms with van der Waals surface area (Å²) in [5.41, 5.74) is 3.85. The molecule has 9 heteroatoms. The summed E-state index contributed by atoms with van der Waals surface area (Å²) in [6, 6.07) is 14.2. The van der Waals surface area contributed by atoms with Crippen LogP contribution >= 0.6 is 11.6 Å². The van der Waals surface area contributed by atoms with Gasteiger partial charge in [0.05, 0.1) is 10.7 Å². The van der Waals surface area contributed by atoms with Crippen molar-refractivity contribution in [3.05, 3.63) is 71.6 Å². The lowest BCUT2D eigenvalue weighted by Crippen LogP contribution is -2.40. The van der Waals surface area contributed by atoms with Crippen molar-refractivity contribution in [1.29, 1.82) is 0 Å². The van der Waals surface area contributed by atoms with E-state index >= 15 is 0 Å². The Morgan fingerprint density at radius 3 is 2.54 bits per heavy atom. The monoisotopic (exact) mass is 548 g/mol. The minimum Gasteiger partial charge on any atom is -0.445 e. The predicted octanol–water partition coefficient (Wildman–Crippen LogP) is 5.86. The summed E-state index contributed by atoms with van der Waals surface area (Å²) in [5, 5.41) is 14.1. The van der Waals surface area contributed by atoms with Crippen molar-refractivity contribution in [2.24, 2.45) is 5.92 Å². The van der Waals surface area contributed by atoms with Gasteiger partial charge in [-0.05, 0) is 75.2 Å². The van der Waals surface area contributed by atoms with Crippen LogP contribution in [0.15, 0.2) is 61.1 Å². The van der Waals surface area contributed by atoms with Crippen LogP contribution < -0.4 is 21.3 Å². The topological polar surface area (TPSA) is 100 Å². The van der Waals surface area contributed by atoms with Crippen molar-refractivity contribution in [2.75, 3.05) is 30.3 Å². The number of ether oxygens (including phenoxy) is 1. The first-order valence-electron chi connectivity index (χ1n) is 13.9. The van der Waals surface area contributed by atoms with E-state index in [1.165, 1.54) is 12.8 Å². The van der Waals surface area contributed by atoms with E-state index in [4.69, 9.17) is 16.3 Å². The molecule has 2 aromatic heterocycles. The van der Waals surface area contributed by atoms with Gasteiger partial charge in [-0.15, -0.1) is 0 Å². The van der Waals surface area contributed by atoms with Crippen LogP contribution in [0.3, 0.4) is 0 Å². The van der Waals surface area contributed by atoms with Crippen LogP contribution in [0.25, 0.3) is 11.1 Å². The standard InChI is InChI=1S/C30H37ClN6O2/c31-28-19-35-29(15-27(28)23-14-26(18-33-17-23)34-16-21-10-12-32-13-11-21)36-24-6-8-25(9-7-24)37-30(38)39-20-22-4-2-1-3-5-22/h1-5,14-15,17-19,21,24-25,32,34H,6-13,16,20H2,(H,35,36)(H,37,38). The van der Waals surface area contributed by atoms with Gasteiger partial charge in [0.2, 0.25) is 0 Å². The highest BCUT2D eigenvalue weighted by Crippen LogP contribution is 2.31. The van der Waals surface area contributed by atoms with Gasteiger partial charge >= 0.3 is 6.09 Å². The van der Waals surface area contributed by atoms with Crippen molar-refractivity contribution in [2.45, 2.75) is 57.2 Å². The molecule has 4 N–H and O–H groups in total. The molecule has 3 aromatic rings. The van der Waals surface area contributed by atoms with E-state index < -0.39 is 0 Å².